The topological polar surface area (TPSA) is 103 Å². The molecule has 0 unspecified atom stereocenters. The number of sulfonamides is 1. The van der Waals surface area contributed by atoms with Gasteiger partial charge in [0.2, 0.25) is 15.9 Å². The molecule has 0 saturated heterocycles. The van der Waals surface area contributed by atoms with Crippen LogP contribution in [0, 0.1) is 5.92 Å². The predicted octanol–water partition coefficient (Wildman–Crippen LogP) is 3.30. The third-order valence-electron chi connectivity index (χ3n) is 4.16. The number of methoxy groups -OCH3 is 2. The van der Waals surface area contributed by atoms with Crippen LogP contribution in [0.25, 0.3) is 22.0 Å². The second kappa shape index (κ2) is 8.48. The monoisotopic (exact) mass is 436 g/mol. The Labute approximate surface area is 174 Å². The van der Waals surface area contributed by atoms with E-state index >= 15 is 0 Å². The molecule has 0 fully saturated rings. The van der Waals surface area contributed by atoms with Gasteiger partial charge in [0.25, 0.3) is 0 Å². The zero-order valence-corrected chi connectivity index (χ0v) is 18.0. The van der Waals surface area contributed by atoms with Crippen molar-refractivity contribution >= 4 is 32.5 Å². The van der Waals surface area contributed by atoms with E-state index in [0.717, 1.165) is 5.56 Å². The number of pyridine rings is 1. The van der Waals surface area contributed by atoms with Crippen LogP contribution in [-0.4, -0.2) is 44.1 Å². The summed E-state index contributed by atoms with van der Waals surface area (Å²) in [5.41, 5.74) is 1.92. The van der Waals surface area contributed by atoms with Gasteiger partial charge in [-0.3, -0.25) is 4.98 Å². The first-order valence-corrected chi connectivity index (χ1v) is 10.7. The fourth-order valence-corrected chi connectivity index (χ4v) is 4.41. The largest absolute Gasteiger partial charge is 0.480 e. The van der Waals surface area contributed by atoms with Gasteiger partial charge in [-0.1, -0.05) is 37.6 Å². The van der Waals surface area contributed by atoms with E-state index in [0.29, 0.717) is 28.9 Å². The molecule has 154 valence electrons. The molecule has 0 radical (unpaired) electrons. The normalized spacial score (nSPS) is 11.8. The van der Waals surface area contributed by atoms with Gasteiger partial charge in [-0.2, -0.15) is 4.98 Å². The molecule has 2 heterocycles. The number of nitrogens with one attached hydrogen (secondary N) is 1. The van der Waals surface area contributed by atoms with Crippen molar-refractivity contribution in [2.75, 3.05) is 20.8 Å². The summed E-state index contributed by atoms with van der Waals surface area (Å²) in [7, 11) is -0.783. The minimum absolute atomic E-state index is 0.0505. The summed E-state index contributed by atoms with van der Waals surface area (Å²) in [5.74, 6) is 0.514. The predicted molar refractivity (Wildman–Crippen MR) is 111 cm³/mol. The molecule has 0 aliphatic rings. The number of aromatic nitrogens is 3. The molecule has 0 atom stereocenters. The van der Waals surface area contributed by atoms with Gasteiger partial charge in [0.15, 0.2) is 0 Å². The van der Waals surface area contributed by atoms with Gasteiger partial charge in [0.05, 0.1) is 30.3 Å². The van der Waals surface area contributed by atoms with Crippen molar-refractivity contribution in [1.29, 1.82) is 0 Å². The smallest absolute Gasteiger partial charge is 0.319 e. The van der Waals surface area contributed by atoms with Crippen molar-refractivity contribution in [2.24, 2.45) is 5.92 Å². The third-order valence-corrected chi connectivity index (χ3v) is 6.12. The van der Waals surface area contributed by atoms with Crippen LogP contribution in [0.3, 0.4) is 0 Å². The SMILES string of the molecule is COc1ncc(-c2ccc3c(Cl)c(S(=O)(=O)NCC(C)C)cnc3c2)c(OC)n1. The van der Waals surface area contributed by atoms with Crippen LogP contribution in [-0.2, 0) is 10.0 Å². The van der Waals surface area contributed by atoms with Crippen LogP contribution in [0.15, 0.2) is 35.5 Å². The number of rotatable bonds is 7. The lowest BCUT2D eigenvalue weighted by atomic mass is 10.1. The van der Waals surface area contributed by atoms with Gasteiger partial charge >= 0.3 is 6.01 Å². The van der Waals surface area contributed by atoms with Crippen molar-refractivity contribution in [3.8, 4) is 23.0 Å². The van der Waals surface area contributed by atoms with E-state index in [-0.39, 0.29) is 21.8 Å². The Morgan fingerprint density at radius 2 is 1.90 bits per heavy atom. The number of hydrogen-bond donors (Lipinski definition) is 1. The number of fused-ring (bicyclic) bond motifs is 1. The maximum Gasteiger partial charge on any atom is 0.319 e. The van der Waals surface area contributed by atoms with Crippen LogP contribution >= 0.6 is 11.6 Å². The summed E-state index contributed by atoms with van der Waals surface area (Å²) >= 11 is 6.41. The van der Waals surface area contributed by atoms with Gasteiger partial charge in [-0.25, -0.2) is 18.1 Å². The highest BCUT2D eigenvalue weighted by Gasteiger charge is 2.21. The fraction of sp³-hybridized carbons (Fsp3) is 0.316. The summed E-state index contributed by atoms with van der Waals surface area (Å²) in [6.45, 7) is 4.15. The fourth-order valence-electron chi connectivity index (χ4n) is 2.65. The highest BCUT2D eigenvalue weighted by molar-refractivity contribution is 7.89. The first-order chi connectivity index (χ1) is 13.8. The molecule has 29 heavy (non-hydrogen) atoms. The van der Waals surface area contributed by atoms with Gasteiger partial charge in [0, 0.05) is 24.3 Å². The maximum atomic E-state index is 12.6. The Bertz CT molecular complexity index is 1150. The first kappa shape index (κ1) is 21.2. The lowest BCUT2D eigenvalue weighted by molar-refractivity contribution is 0.353. The molecule has 0 saturated carbocycles. The lowest BCUT2D eigenvalue weighted by Gasteiger charge is -2.12. The average molecular weight is 437 g/mol. The Kier molecular flexibility index (Phi) is 6.21. The van der Waals surface area contributed by atoms with Gasteiger partial charge < -0.3 is 9.47 Å². The zero-order chi connectivity index (χ0) is 21.2. The maximum absolute atomic E-state index is 12.6. The van der Waals surface area contributed by atoms with Crippen molar-refractivity contribution in [3.63, 3.8) is 0 Å². The van der Waals surface area contributed by atoms with Crippen molar-refractivity contribution in [2.45, 2.75) is 18.7 Å². The number of hydrogen-bond acceptors (Lipinski definition) is 7. The van der Waals surface area contributed by atoms with E-state index in [4.69, 9.17) is 21.1 Å². The number of nitrogens with zero attached hydrogens (tertiary/aromatic N) is 3. The third kappa shape index (κ3) is 4.42. The van der Waals surface area contributed by atoms with Gasteiger partial charge in [0.1, 0.15) is 4.90 Å². The molecule has 0 amide bonds. The van der Waals surface area contributed by atoms with E-state index in [9.17, 15) is 8.42 Å². The van der Waals surface area contributed by atoms with E-state index in [1.165, 1.54) is 20.4 Å². The van der Waals surface area contributed by atoms with Crippen molar-refractivity contribution < 1.29 is 17.9 Å². The zero-order valence-electron chi connectivity index (χ0n) is 16.4. The summed E-state index contributed by atoms with van der Waals surface area (Å²) < 4.78 is 38.0. The Hall–Kier alpha value is -2.49. The highest BCUT2D eigenvalue weighted by atomic mass is 35.5. The minimum Gasteiger partial charge on any atom is -0.480 e. The molecule has 10 heteroatoms. The number of ether oxygens (including phenoxy) is 2. The van der Waals surface area contributed by atoms with E-state index in [1.54, 1.807) is 24.4 Å². The summed E-state index contributed by atoms with van der Waals surface area (Å²) in [6, 6.07) is 5.45. The molecule has 3 rings (SSSR count). The molecular formula is C19H21ClN4O4S. The van der Waals surface area contributed by atoms with Crippen LogP contribution in [0.1, 0.15) is 13.8 Å². The molecule has 0 aliphatic carbocycles. The first-order valence-electron chi connectivity index (χ1n) is 8.80. The summed E-state index contributed by atoms with van der Waals surface area (Å²) in [5, 5.41) is 0.645. The molecule has 0 aliphatic heterocycles. The summed E-state index contributed by atoms with van der Waals surface area (Å²) in [6.07, 6.45) is 2.85. The van der Waals surface area contributed by atoms with Crippen LogP contribution in [0.4, 0.5) is 0 Å². The minimum atomic E-state index is -3.76. The molecule has 1 N–H and O–H groups in total. The lowest BCUT2D eigenvalue weighted by Crippen LogP contribution is -2.27. The average Bonchev–Trinajstić information content (AvgIpc) is 2.71. The molecule has 0 bridgehead atoms. The molecular weight excluding hydrogens is 416 g/mol. The standard InChI is InChI=1S/C19H21ClN4O4S/c1-11(2)8-23-29(25,26)16-10-21-15-7-12(5-6-13(15)17(16)20)14-9-22-19(28-4)24-18(14)27-3/h5-7,9-11,23H,8H2,1-4H3. The Morgan fingerprint density at radius 1 is 1.14 bits per heavy atom. The van der Waals surface area contributed by atoms with Gasteiger partial charge in [-0.05, 0) is 17.5 Å². The molecule has 0 spiro atoms. The second-order valence-electron chi connectivity index (χ2n) is 6.69. The molecule has 1 aromatic carbocycles. The molecule has 3 aromatic rings. The van der Waals surface area contributed by atoms with E-state index in [1.807, 2.05) is 13.8 Å². The Balaban J connectivity index is 2.05. The van der Waals surface area contributed by atoms with E-state index < -0.39 is 10.0 Å². The molecule has 2 aromatic heterocycles. The number of benzene rings is 1. The van der Waals surface area contributed by atoms with Crippen LogP contribution in [0.5, 0.6) is 11.9 Å². The van der Waals surface area contributed by atoms with E-state index in [2.05, 4.69) is 19.7 Å². The Morgan fingerprint density at radius 3 is 2.55 bits per heavy atom. The molecule has 8 nitrogen and oxygen atoms in total. The van der Waals surface area contributed by atoms with Crippen molar-refractivity contribution in [3.05, 3.63) is 35.6 Å². The second-order valence-corrected chi connectivity index (χ2v) is 8.81. The number of halogens is 1. The van der Waals surface area contributed by atoms with Crippen LogP contribution < -0.4 is 14.2 Å². The van der Waals surface area contributed by atoms with Crippen LogP contribution in [0.2, 0.25) is 5.02 Å². The quantitative estimate of drug-likeness (QED) is 0.606. The highest BCUT2D eigenvalue weighted by Crippen LogP contribution is 2.34. The summed E-state index contributed by atoms with van der Waals surface area (Å²) in [4.78, 5) is 12.5. The van der Waals surface area contributed by atoms with Crippen molar-refractivity contribution in [1.82, 2.24) is 19.7 Å². The van der Waals surface area contributed by atoms with Gasteiger partial charge in [-0.15, -0.1) is 0 Å².